The molecule has 0 spiro atoms. The maximum absolute atomic E-state index is 12.5. The molecule has 0 saturated carbocycles. The molecular formula is C20H18ClN3O4. The predicted octanol–water partition coefficient (Wildman–Crippen LogP) is 4.52. The van der Waals surface area contributed by atoms with Gasteiger partial charge in [0.2, 0.25) is 0 Å². The van der Waals surface area contributed by atoms with Crippen LogP contribution in [0.2, 0.25) is 5.02 Å². The first kappa shape index (κ1) is 19.3. The Balaban J connectivity index is 1.57. The molecule has 0 aliphatic carbocycles. The summed E-state index contributed by atoms with van der Waals surface area (Å²) >= 11 is 5.96. The number of urea groups is 1. The molecule has 144 valence electrons. The van der Waals surface area contributed by atoms with Crippen molar-refractivity contribution in [1.82, 2.24) is 5.32 Å². The summed E-state index contributed by atoms with van der Waals surface area (Å²) in [5.74, 6) is 0.731. The molecule has 0 radical (unpaired) electrons. The van der Waals surface area contributed by atoms with Crippen molar-refractivity contribution in [2.75, 3.05) is 17.7 Å². The Morgan fingerprint density at radius 2 is 1.75 bits per heavy atom. The number of methoxy groups -OCH3 is 1. The summed E-state index contributed by atoms with van der Waals surface area (Å²) in [6.45, 7) is 0.286. The minimum atomic E-state index is -0.364. The van der Waals surface area contributed by atoms with Crippen LogP contribution in [0.4, 0.5) is 16.2 Å². The van der Waals surface area contributed by atoms with Crippen LogP contribution in [-0.4, -0.2) is 19.0 Å². The van der Waals surface area contributed by atoms with Gasteiger partial charge in [-0.1, -0.05) is 11.6 Å². The molecule has 28 heavy (non-hydrogen) atoms. The molecule has 3 aromatic rings. The van der Waals surface area contributed by atoms with E-state index in [9.17, 15) is 9.59 Å². The number of carbonyl (C=O) groups excluding carboxylic acids is 2. The van der Waals surface area contributed by atoms with E-state index in [0.717, 1.165) is 0 Å². The fraction of sp³-hybridized carbons (Fsp3) is 0.100. The number of halogens is 1. The third-order valence-electron chi connectivity index (χ3n) is 3.81. The van der Waals surface area contributed by atoms with E-state index < -0.39 is 0 Å². The lowest BCUT2D eigenvalue weighted by Gasteiger charge is -2.11. The van der Waals surface area contributed by atoms with E-state index in [1.807, 2.05) is 0 Å². The molecule has 0 saturated heterocycles. The lowest BCUT2D eigenvalue weighted by molar-refractivity contribution is 0.102. The van der Waals surface area contributed by atoms with Gasteiger partial charge in [0.25, 0.3) is 5.91 Å². The molecule has 1 heterocycles. The van der Waals surface area contributed by atoms with Crippen LogP contribution in [0.1, 0.15) is 16.1 Å². The van der Waals surface area contributed by atoms with Crippen LogP contribution in [-0.2, 0) is 6.54 Å². The zero-order valence-electron chi connectivity index (χ0n) is 15.0. The summed E-state index contributed by atoms with van der Waals surface area (Å²) in [5.41, 5.74) is 1.47. The molecule has 0 fully saturated rings. The van der Waals surface area contributed by atoms with Crippen molar-refractivity contribution in [3.63, 3.8) is 0 Å². The van der Waals surface area contributed by atoms with Crippen molar-refractivity contribution < 1.29 is 18.7 Å². The number of amides is 3. The molecule has 8 heteroatoms. The number of nitrogens with one attached hydrogen (secondary N) is 3. The topological polar surface area (TPSA) is 92.6 Å². The zero-order valence-corrected chi connectivity index (χ0v) is 15.7. The monoisotopic (exact) mass is 399 g/mol. The lowest BCUT2D eigenvalue weighted by Crippen LogP contribution is -2.27. The molecule has 3 N–H and O–H groups in total. The number of hydrogen-bond donors (Lipinski definition) is 3. The minimum Gasteiger partial charge on any atom is -0.496 e. The summed E-state index contributed by atoms with van der Waals surface area (Å²) in [7, 11) is 1.48. The van der Waals surface area contributed by atoms with Gasteiger partial charge in [0.1, 0.15) is 11.5 Å². The maximum atomic E-state index is 12.5. The number of ether oxygens (including phenoxy) is 1. The first-order chi connectivity index (χ1) is 13.5. The first-order valence-corrected chi connectivity index (χ1v) is 8.75. The van der Waals surface area contributed by atoms with Crippen molar-refractivity contribution in [1.29, 1.82) is 0 Å². The van der Waals surface area contributed by atoms with Gasteiger partial charge in [0.15, 0.2) is 0 Å². The molecule has 0 aliphatic rings. The highest BCUT2D eigenvalue weighted by Crippen LogP contribution is 2.24. The van der Waals surface area contributed by atoms with E-state index in [2.05, 4.69) is 16.0 Å². The molecule has 2 aromatic carbocycles. The molecular weight excluding hydrogens is 382 g/mol. The lowest BCUT2D eigenvalue weighted by atomic mass is 10.1. The fourth-order valence-corrected chi connectivity index (χ4v) is 2.62. The molecule has 0 unspecified atom stereocenters. The molecule has 0 aliphatic heterocycles. The Morgan fingerprint density at radius 1 is 1.04 bits per heavy atom. The van der Waals surface area contributed by atoms with Crippen molar-refractivity contribution in [3.05, 3.63) is 77.2 Å². The van der Waals surface area contributed by atoms with Crippen LogP contribution < -0.4 is 20.7 Å². The van der Waals surface area contributed by atoms with Gasteiger partial charge in [-0.05, 0) is 54.6 Å². The largest absolute Gasteiger partial charge is 0.496 e. The Hall–Kier alpha value is -3.45. The fourth-order valence-electron chi connectivity index (χ4n) is 2.45. The van der Waals surface area contributed by atoms with E-state index in [0.29, 0.717) is 33.5 Å². The second kappa shape index (κ2) is 8.96. The SMILES string of the molecule is COc1ccc(Cl)cc1C(=O)Nc1ccc(NC(=O)NCc2ccco2)cc1. The zero-order chi connectivity index (χ0) is 19.9. The summed E-state index contributed by atoms with van der Waals surface area (Å²) < 4.78 is 10.3. The highest BCUT2D eigenvalue weighted by atomic mass is 35.5. The number of furan rings is 1. The van der Waals surface area contributed by atoms with Crippen LogP contribution in [0.3, 0.4) is 0 Å². The van der Waals surface area contributed by atoms with Crippen LogP contribution in [0.15, 0.2) is 65.3 Å². The van der Waals surface area contributed by atoms with E-state index in [1.54, 1.807) is 54.8 Å². The van der Waals surface area contributed by atoms with Crippen LogP contribution >= 0.6 is 11.6 Å². The smallest absolute Gasteiger partial charge is 0.319 e. The summed E-state index contributed by atoms with van der Waals surface area (Å²) in [4.78, 5) is 24.4. The summed E-state index contributed by atoms with van der Waals surface area (Å²) in [6, 6.07) is 14.7. The van der Waals surface area contributed by atoms with Crippen LogP contribution in [0.5, 0.6) is 5.75 Å². The van der Waals surface area contributed by atoms with Gasteiger partial charge in [-0.25, -0.2) is 4.79 Å². The second-order valence-electron chi connectivity index (χ2n) is 5.76. The van der Waals surface area contributed by atoms with Gasteiger partial charge in [-0.2, -0.15) is 0 Å². The average molecular weight is 400 g/mol. The summed E-state index contributed by atoms with van der Waals surface area (Å²) in [6.07, 6.45) is 1.54. The standard InChI is InChI=1S/C20H18ClN3O4/c1-27-18-9-4-13(21)11-17(18)19(25)23-14-5-7-15(8-6-14)24-20(26)22-12-16-3-2-10-28-16/h2-11H,12H2,1H3,(H,23,25)(H2,22,24,26). The van der Waals surface area contributed by atoms with E-state index in [4.69, 9.17) is 20.8 Å². The van der Waals surface area contributed by atoms with E-state index >= 15 is 0 Å². The van der Waals surface area contributed by atoms with E-state index in [1.165, 1.54) is 13.2 Å². The van der Waals surface area contributed by atoms with Crippen molar-refractivity contribution in [2.24, 2.45) is 0 Å². The van der Waals surface area contributed by atoms with Crippen molar-refractivity contribution >= 4 is 34.9 Å². The van der Waals surface area contributed by atoms with Gasteiger partial charge in [-0.15, -0.1) is 0 Å². The number of rotatable bonds is 6. The minimum absolute atomic E-state index is 0.286. The normalized spacial score (nSPS) is 10.2. The molecule has 7 nitrogen and oxygen atoms in total. The van der Waals surface area contributed by atoms with Crippen LogP contribution in [0, 0.1) is 0 Å². The predicted molar refractivity (Wildman–Crippen MR) is 107 cm³/mol. The Labute approximate surface area is 166 Å². The Morgan fingerprint density at radius 3 is 2.39 bits per heavy atom. The van der Waals surface area contributed by atoms with Crippen LogP contribution in [0.25, 0.3) is 0 Å². The highest BCUT2D eigenvalue weighted by molar-refractivity contribution is 6.31. The van der Waals surface area contributed by atoms with Crippen molar-refractivity contribution in [2.45, 2.75) is 6.54 Å². The molecule has 3 rings (SSSR count). The third-order valence-corrected chi connectivity index (χ3v) is 4.05. The van der Waals surface area contributed by atoms with Gasteiger partial charge in [-0.3, -0.25) is 4.79 Å². The second-order valence-corrected chi connectivity index (χ2v) is 6.20. The molecule has 1 aromatic heterocycles. The van der Waals surface area contributed by atoms with Gasteiger partial charge in [0, 0.05) is 16.4 Å². The Kier molecular flexibility index (Phi) is 6.18. The summed E-state index contributed by atoms with van der Waals surface area (Å²) in [5, 5.41) is 8.58. The molecule has 3 amide bonds. The number of benzene rings is 2. The number of carbonyl (C=O) groups is 2. The van der Waals surface area contributed by atoms with Gasteiger partial charge >= 0.3 is 6.03 Å². The first-order valence-electron chi connectivity index (χ1n) is 8.37. The van der Waals surface area contributed by atoms with Gasteiger partial charge < -0.3 is 25.1 Å². The third kappa shape index (κ3) is 5.05. The maximum Gasteiger partial charge on any atom is 0.319 e. The number of anilines is 2. The number of hydrogen-bond acceptors (Lipinski definition) is 4. The van der Waals surface area contributed by atoms with Gasteiger partial charge in [0.05, 0.1) is 25.5 Å². The highest BCUT2D eigenvalue weighted by Gasteiger charge is 2.13. The van der Waals surface area contributed by atoms with Crippen molar-refractivity contribution in [3.8, 4) is 5.75 Å². The van der Waals surface area contributed by atoms with E-state index in [-0.39, 0.29) is 18.5 Å². The molecule has 0 bridgehead atoms. The molecule has 0 atom stereocenters. The Bertz CT molecular complexity index is 956. The average Bonchev–Trinajstić information content (AvgIpc) is 3.21. The quantitative estimate of drug-likeness (QED) is 0.568.